The van der Waals surface area contributed by atoms with Crippen LogP contribution < -0.4 is 4.31 Å². The number of rotatable bonds is 4. The van der Waals surface area contributed by atoms with Crippen LogP contribution >= 0.6 is 22.9 Å². The van der Waals surface area contributed by atoms with Crippen molar-refractivity contribution in [2.75, 3.05) is 11.4 Å². The Kier molecular flexibility index (Phi) is 4.13. The zero-order valence-corrected chi connectivity index (χ0v) is 12.9. The minimum Gasteiger partial charge on any atom is -0.248 e. The van der Waals surface area contributed by atoms with E-state index in [1.54, 1.807) is 24.3 Å². The van der Waals surface area contributed by atoms with E-state index in [1.807, 2.05) is 12.3 Å². The van der Waals surface area contributed by atoms with Gasteiger partial charge in [0.15, 0.2) is 5.13 Å². The van der Waals surface area contributed by atoms with Crippen molar-refractivity contribution in [1.29, 1.82) is 0 Å². The lowest BCUT2D eigenvalue weighted by Gasteiger charge is -2.16. The second-order valence-corrected chi connectivity index (χ2v) is 7.39. The summed E-state index contributed by atoms with van der Waals surface area (Å²) in [6, 6.07) is 6.78. The van der Waals surface area contributed by atoms with Crippen molar-refractivity contribution >= 4 is 38.1 Å². The van der Waals surface area contributed by atoms with Crippen LogP contribution in [0.1, 0.15) is 11.3 Å². The maximum atomic E-state index is 12.3. The Morgan fingerprint density at radius 1 is 1.32 bits per heavy atom. The van der Waals surface area contributed by atoms with Crippen LogP contribution in [0.4, 0.5) is 5.13 Å². The lowest BCUT2D eigenvalue weighted by atomic mass is 10.2. The van der Waals surface area contributed by atoms with Gasteiger partial charge in [-0.05, 0) is 24.6 Å². The molecule has 0 unspecified atom stereocenters. The van der Waals surface area contributed by atoms with Crippen LogP contribution in [-0.4, -0.2) is 20.4 Å². The molecule has 0 fully saturated rings. The van der Waals surface area contributed by atoms with E-state index in [0.29, 0.717) is 15.7 Å². The van der Waals surface area contributed by atoms with Crippen LogP contribution in [-0.2, 0) is 15.8 Å². The van der Waals surface area contributed by atoms with Gasteiger partial charge < -0.3 is 0 Å². The summed E-state index contributed by atoms with van der Waals surface area (Å²) < 4.78 is 25.7. The number of halogens is 1. The molecule has 0 N–H and O–H groups in total. The van der Waals surface area contributed by atoms with Gasteiger partial charge in [-0.1, -0.05) is 23.7 Å². The maximum Gasteiger partial charge on any atom is 0.240 e. The Labute approximate surface area is 121 Å². The lowest BCUT2D eigenvalue weighted by molar-refractivity contribution is 0.593. The Hall–Kier alpha value is -1.11. The van der Waals surface area contributed by atoms with Gasteiger partial charge in [0.1, 0.15) is 0 Å². The first-order valence-corrected chi connectivity index (χ1v) is 8.38. The normalized spacial score (nSPS) is 11.5. The first kappa shape index (κ1) is 14.3. The molecule has 19 heavy (non-hydrogen) atoms. The SMILES string of the molecule is Cc1csc(N(C)S(=O)(=O)Cc2ccc(Cl)cc2)n1. The van der Waals surface area contributed by atoms with Gasteiger partial charge in [0.2, 0.25) is 10.0 Å². The Morgan fingerprint density at radius 3 is 2.47 bits per heavy atom. The van der Waals surface area contributed by atoms with Crippen LogP contribution in [0.5, 0.6) is 0 Å². The fraction of sp³-hybridized carbons (Fsp3) is 0.250. The molecule has 4 nitrogen and oxygen atoms in total. The molecule has 0 saturated carbocycles. The second kappa shape index (κ2) is 5.48. The molecule has 0 bridgehead atoms. The quantitative estimate of drug-likeness (QED) is 0.871. The summed E-state index contributed by atoms with van der Waals surface area (Å²) in [5.74, 6) is -0.0701. The molecule has 0 saturated heterocycles. The average molecular weight is 317 g/mol. The summed E-state index contributed by atoms with van der Waals surface area (Å²) in [5, 5.41) is 2.89. The number of aryl methyl sites for hydroxylation is 1. The highest BCUT2D eigenvalue weighted by Crippen LogP contribution is 2.23. The second-order valence-electron chi connectivity index (χ2n) is 4.12. The molecule has 0 aliphatic rings. The van der Waals surface area contributed by atoms with E-state index in [9.17, 15) is 8.42 Å². The van der Waals surface area contributed by atoms with E-state index in [2.05, 4.69) is 4.98 Å². The predicted octanol–water partition coefficient (Wildman–Crippen LogP) is 3.07. The van der Waals surface area contributed by atoms with Gasteiger partial charge in [-0.3, -0.25) is 0 Å². The molecule has 102 valence electrons. The first-order valence-electron chi connectivity index (χ1n) is 5.52. The molecule has 1 heterocycles. The van der Waals surface area contributed by atoms with E-state index in [0.717, 1.165) is 5.69 Å². The molecule has 1 aromatic carbocycles. The largest absolute Gasteiger partial charge is 0.248 e. The van der Waals surface area contributed by atoms with Crippen LogP contribution in [0.2, 0.25) is 5.02 Å². The first-order chi connectivity index (χ1) is 8.88. The fourth-order valence-electron chi connectivity index (χ4n) is 1.49. The van der Waals surface area contributed by atoms with E-state index in [-0.39, 0.29) is 5.75 Å². The molecule has 0 radical (unpaired) electrons. The van der Waals surface area contributed by atoms with Crippen LogP contribution in [0.3, 0.4) is 0 Å². The van der Waals surface area contributed by atoms with E-state index >= 15 is 0 Å². The molecular weight excluding hydrogens is 304 g/mol. The lowest BCUT2D eigenvalue weighted by Crippen LogP contribution is -2.27. The zero-order chi connectivity index (χ0) is 14.0. The van der Waals surface area contributed by atoms with Crippen LogP contribution in [0.15, 0.2) is 29.6 Å². The minimum absolute atomic E-state index is 0.0701. The summed E-state index contributed by atoms with van der Waals surface area (Å²) in [5.41, 5.74) is 1.51. The smallest absolute Gasteiger partial charge is 0.240 e. The number of anilines is 1. The van der Waals surface area contributed by atoms with Gasteiger partial charge in [0.05, 0.1) is 11.4 Å². The number of nitrogens with zero attached hydrogens (tertiary/aromatic N) is 2. The van der Waals surface area contributed by atoms with E-state index in [1.165, 1.54) is 22.7 Å². The Balaban J connectivity index is 2.20. The van der Waals surface area contributed by atoms with E-state index in [4.69, 9.17) is 11.6 Å². The summed E-state index contributed by atoms with van der Waals surface area (Å²) in [6.07, 6.45) is 0. The van der Waals surface area contributed by atoms with Gasteiger partial charge in [-0.2, -0.15) is 0 Å². The van der Waals surface area contributed by atoms with Gasteiger partial charge >= 0.3 is 0 Å². The Bertz CT molecular complexity index is 665. The van der Waals surface area contributed by atoms with E-state index < -0.39 is 10.0 Å². The Morgan fingerprint density at radius 2 is 1.95 bits per heavy atom. The minimum atomic E-state index is -3.43. The fourth-order valence-corrected chi connectivity index (χ4v) is 3.85. The van der Waals surface area contributed by atoms with Crippen LogP contribution in [0.25, 0.3) is 0 Å². The summed E-state index contributed by atoms with van der Waals surface area (Å²) in [7, 11) is -1.91. The molecule has 0 aliphatic heterocycles. The standard InChI is InChI=1S/C12H13ClN2O2S2/c1-9-7-18-12(14-9)15(2)19(16,17)8-10-3-5-11(13)6-4-10/h3-7H,8H2,1-2H3. The molecule has 7 heteroatoms. The van der Waals surface area contributed by atoms with Gasteiger partial charge in [0, 0.05) is 17.5 Å². The number of thiazole rings is 1. The van der Waals surface area contributed by atoms with Crippen molar-refractivity contribution in [3.05, 3.63) is 45.9 Å². The van der Waals surface area contributed by atoms with Crippen molar-refractivity contribution < 1.29 is 8.42 Å². The third-order valence-electron chi connectivity index (χ3n) is 2.56. The van der Waals surface area contributed by atoms with Crippen molar-refractivity contribution in [3.63, 3.8) is 0 Å². The number of hydrogen-bond donors (Lipinski definition) is 0. The molecular formula is C12H13ClN2O2S2. The number of sulfonamides is 1. The molecule has 0 amide bonds. The van der Waals surface area contributed by atoms with Crippen molar-refractivity contribution in [3.8, 4) is 0 Å². The zero-order valence-electron chi connectivity index (χ0n) is 10.5. The third-order valence-corrected chi connectivity index (χ3v) is 5.66. The number of hydrogen-bond acceptors (Lipinski definition) is 4. The van der Waals surface area contributed by atoms with Gasteiger partial charge in [-0.25, -0.2) is 17.7 Å². The summed E-state index contributed by atoms with van der Waals surface area (Å²) in [4.78, 5) is 4.18. The van der Waals surface area contributed by atoms with Gasteiger partial charge in [0.25, 0.3) is 0 Å². The highest BCUT2D eigenvalue weighted by Gasteiger charge is 2.21. The van der Waals surface area contributed by atoms with Crippen molar-refractivity contribution in [2.45, 2.75) is 12.7 Å². The molecule has 0 atom stereocenters. The topological polar surface area (TPSA) is 50.3 Å². The van der Waals surface area contributed by atoms with Crippen LogP contribution in [0, 0.1) is 6.92 Å². The summed E-state index contributed by atoms with van der Waals surface area (Å²) in [6.45, 7) is 1.83. The number of benzene rings is 1. The molecule has 0 spiro atoms. The highest BCUT2D eigenvalue weighted by atomic mass is 35.5. The molecule has 1 aromatic heterocycles. The summed E-state index contributed by atoms with van der Waals surface area (Å²) >= 11 is 7.09. The molecule has 2 rings (SSSR count). The maximum absolute atomic E-state index is 12.3. The predicted molar refractivity (Wildman–Crippen MR) is 79.3 cm³/mol. The average Bonchev–Trinajstić information content (AvgIpc) is 2.77. The van der Waals surface area contributed by atoms with Gasteiger partial charge in [-0.15, -0.1) is 11.3 Å². The highest BCUT2D eigenvalue weighted by molar-refractivity contribution is 7.92. The third kappa shape index (κ3) is 3.46. The molecule has 2 aromatic rings. The monoisotopic (exact) mass is 316 g/mol. The number of aromatic nitrogens is 1. The van der Waals surface area contributed by atoms with Crippen molar-refractivity contribution in [2.24, 2.45) is 0 Å². The van der Waals surface area contributed by atoms with Crippen molar-refractivity contribution in [1.82, 2.24) is 4.98 Å². The molecule has 0 aliphatic carbocycles.